The van der Waals surface area contributed by atoms with Gasteiger partial charge in [0.05, 0.1) is 5.02 Å². The quantitative estimate of drug-likeness (QED) is 0.748. The highest BCUT2D eigenvalue weighted by molar-refractivity contribution is 6.33. The summed E-state index contributed by atoms with van der Waals surface area (Å²) in [6.07, 6.45) is 0. The van der Waals surface area contributed by atoms with Crippen LogP contribution in [0.25, 0.3) is 11.4 Å². The molecule has 118 valence electrons. The Balaban J connectivity index is 1.73. The van der Waals surface area contributed by atoms with Crippen molar-refractivity contribution < 1.29 is 13.9 Å². The first-order valence-corrected chi connectivity index (χ1v) is 7.11. The van der Waals surface area contributed by atoms with Crippen LogP contribution >= 0.6 is 11.6 Å². The standard InChI is InChI=1S/C15H13ClN4O3/c1-22-8-9-6-7-12(23-9)14(21)18-15-17-13(19-20-15)10-4-2-3-5-11(10)16/h2-7H,8H2,1H3,(H2,17,18,19,20,21). The van der Waals surface area contributed by atoms with E-state index in [2.05, 4.69) is 20.5 Å². The van der Waals surface area contributed by atoms with Gasteiger partial charge in [0.15, 0.2) is 11.6 Å². The van der Waals surface area contributed by atoms with Gasteiger partial charge in [-0.1, -0.05) is 23.7 Å². The van der Waals surface area contributed by atoms with E-state index in [-0.39, 0.29) is 11.7 Å². The largest absolute Gasteiger partial charge is 0.453 e. The lowest BCUT2D eigenvalue weighted by molar-refractivity contribution is 0.0986. The first-order chi connectivity index (χ1) is 11.2. The fourth-order valence-corrected chi connectivity index (χ4v) is 2.20. The molecule has 0 atom stereocenters. The molecule has 2 heterocycles. The second kappa shape index (κ2) is 6.64. The SMILES string of the molecule is COCc1ccc(C(=O)Nc2n[nH]c(-c3ccccc3Cl)n2)o1. The van der Waals surface area contributed by atoms with Gasteiger partial charge in [-0.05, 0) is 24.3 Å². The van der Waals surface area contributed by atoms with Gasteiger partial charge in [0.1, 0.15) is 12.4 Å². The molecule has 0 spiro atoms. The summed E-state index contributed by atoms with van der Waals surface area (Å²) in [5.41, 5.74) is 0.697. The third kappa shape index (κ3) is 3.41. The highest BCUT2D eigenvalue weighted by Crippen LogP contribution is 2.25. The number of hydrogen-bond donors (Lipinski definition) is 2. The number of carbonyl (C=O) groups excluding carboxylic acids is 1. The second-order valence-corrected chi connectivity index (χ2v) is 5.05. The van der Waals surface area contributed by atoms with Gasteiger partial charge in [-0.15, -0.1) is 5.10 Å². The molecule has 0 fully saturated rings. The first kappa shape index (κ1) is 15.3. The number of furan rings is 1. The first-order valence-electron chi connectivity index (χ1n) is 6.73. The van der Waals surface area contributed by atoms with Crippen LogP contribution in [0, 0.1) is 0 Å². The number of benzene rings is 1. The number of halogens is 1. The average molecular weight is 333 g/mol. The van der Waals surface area contributed by atoms with E-state index in [1.807, 2.05) is 12.1 Å². The van der Waals surface area contributed by atoms with E-state index in [4.69, 9.17) is 20.8 Å². The molecule has 8 heteroatoms. The number of amides is 1. The third-order valence-electron chi connectivity index (χ3n) is 3.01. The molecule has 0 radical (unpaired) electrons. The number of carbonyl (C=O) groups is 1. The maximum absolute atomic E-state index is 12.1. The Morgan fingerprint density at radius 2 is 2.17 bits per heavy atom. The smallest absolute Gasteiger partial charge is 0.293 e. The van der Waals surface area contributed by atoms with Crippen LogP contribution in [0.1, 0.15) is 16.3 Å². The van der Waals surface area contributed by atoms with E-state index >= 15 is 0 Å². The lowest BCUT2D eigenvalue weighted by Crippen LogP contribution is -2.12. The number of hydrogen-bond acceptors (Lipinski definition) is 5. The second-order valence-electron chi connectivity index (χ2n) is 4.64. The van der Waals surface area contributed by atoms with Crippen molar-refractivity contribution in [3.05, 3.63) is 52.9 Å². The van der Waals surface area contributed by atoms with Gasteiger partial charge in [-0.25, -0.2) is 0 Å². The molecule has 0 aliphatic carbocycles. The van der Waals surface area contributed by atoms with Crippen molar-refractivity contribution in [2.45, 2.75) is 6.61 Å². The van der Waals surface area contributed by atoms with E-state index < -0.39 is 5.91 Å². The molecule has 1 aromatic carbocycles. The molecule has 0 aliphatic rings. The molecule has 2 aromatic heterocycles. The summed E-state index contributed by atoms with van der Waals surface area (Å²) in [5.74, 6) is 0.864. The van der Waals surface area contributed by atoms with Gasteiger partial charge in [0.25, 0.3) is 5.91 Å². The number of nitrogens with zero attached hydrogens (tertiary/aromatic N) is 2. The molecule has 7 nitrogen and oxygen atoms in total. The van der Waals surface area contributed by atoms with E-state index in [1.54, 1.807) is 31.4 Å². The molecule has 23 heavy (non-hydrogen) atoms. The molecule has 3 aromatic rings. The Kier molecular flexibility index (Phi) is 4.40. The average Bonchev–Trinajstić information content (AvgIpc) is 3.18. The Labute approximate surface area is 136 Å². The van der Waals surface area contributed by atoms with Crippen LogP contribution in [0.15, 0.2) is 40.8 Å². The maximum atomic E-state index is 12.1. The summed E-state index contributed by atoms with van der Waals surface area (Å²) in [6, 6.07) is 10.4. The predicted octanol–water partition coefficient (Wildman–Crippen LogP) is 3.12. The topological polar surface area (TPSA) is 93.0 Å². The maximum Gasteiger partial charge on any atom is 0.293 e. The van der Waals surface area contributed by atoms with Gasteiger partial charge >= 0.3 is 0 Å². The number of ether oxygens (including phenoxy) is 1. The van der Waals surface area contributed by atoms with Crippen molar-refractivity contribution in [2.24, 2.45) is 0 Å². The van der Waals surface area contributed by atoms with Crippen LogP contribution in [-0.2, 0) is 11.3 Å². The number of aromatic nitrogens is 3. The van der Waals surface area contributed by atoms with Crippen LogP contribution in [0.5, 0.6) is 0 Å². The number of rotatable bonds is 5. The molecule has 0 unspecified atom stereocenters. The van der Waals surface area contributed by atoms with Gasteiger partial charge in [0.2, 0.25) is 5.95 Å². The zero-order valence-corrected chi connectivity index (χ0v) is 12.9. The van der Waals surface area contributed by atoms with Gasteiger partial charge in [0, 0.05) is 12.7 Å². The summed E-state index contributed by atoms with van der Waals surface area (Å²) in [7, 11) is 1.55. The Morgan fingerprint density at radius 1 is 1.35 bits per heavy atom. The van der Waals surface area contributed by atoms with Crippen LogP contribution in [-0.4, -0.2) is 28.2 Å². The molecule has 0 bridgehead atoms. The molecular formula is C15H13ClN4O3. The van der Waals surface area contributed by atoms with Crippen molar-refractivity contribution in [3.63, 3.8) is 0 Å². The minimum absolute atomic E-state index is 0.134. The van der Waals surface area contributed by atoms with Gasteiger partial charge < -0.3 is 9.15 Å². The third-order valence-corrected chi connectivity index (χ3v) is 3.34. The summed E-state index contributed by atoms with van der Waals surface area (Å²) in [5, 5.41) is 9.78. The van der Waals surface area contributed by atoms with Crippen LogP contribution in [0.3, 0.4) is 0 Å². The van der Waals surface area contributed by atoms with Gasteiger partial charge in [-0.3, -0.25) is 15.2 Å². The lowest BCUT2D eigenvalue weighted by atomic mass is 10.2. The van der Waals surface area contributed by atoms with Crippen LogP contribution < -0.4 is 5.32 Å². The van der Waals surface area contributed by atoms with E-state index in [9.17, 15) is 4.79 Å². The zero-order valence-electron chi connectivity index (χ0n) is 12.2. The molecule has 0 saturated heterocycles. The monoisotopic (exact) mass is 332 g/mol. The number of anilines is 1. The fourth-order valence-electron chi connectivity index (χ4n) is 1.97. The van der Waals surface area contributed by atoms with Crippen molar-refractivity contribution in [1.29, 1.82) is 0 Å². The number of H-pyrrole nitrogens is 1. The Morgan fingerprint density at radius 3 is 2.96 bits per heavy atom. The fraction of sp³-hybridized carbons (Fsp3) is 0.133. The summed E-state index contributed by atoms with van der Waals surface area (Å²) >= 11 is 6.10. The van der Waals surface area contributed by atoms with E-state index in [1.165, 1.54) is 0 Å². The summed E-state index contributed by atoms with van der Waals surface area (Å²) < 4.78 is 10.3. The molecule has 3 rings (SSSR count). The van der Waals surface area contributed by atoms with Crippen LogP contribution in [0.2, 0.25) is 5.02 Å². The minimum Gasteiger partial charge on any atom is -0.453 e. The number of nitrogens with one attached hydrogen (secondary N) is 2. The lowest BCUT2D eigenvalue weighted by Gasteiger charge is -1.98. The van der Waals surface area contributed by atoms with Crippen molar-refractivity contribution in [3.8, 4) is 11.4 Å². The highest BCUT2D eigenvalue weighted by atomic mass is 35.5. The number of methoxy groups -OCH3 is 1. The van der Waals surface area contributed by atoms with Crippen molar-refractivity contribution >= 4 is 23.5 Å². The zero-order chi connectivity index (χ0) is 16.2. The Hall–Kier alpha value is -2.64. The van der Waals surface area contributed by atoms with E-state index in [0.29, 0.717) is 28.8 Å². The molecule has 1 amide bonds. The number of aromatic amines is 1. The summed E-state index contributed by atoms with van der Waals surface area (Å²) in [4.78, 5) is 16.3. The van der Waals surface area contributed by atoms with Crippen LogP contribution in [0.4, 0.5) is 5.95 Å². The highest BCUT2D eigenvalue weighted by Gasteiger charge is 2.15. The van der Waals surface area contributed by atoms with Crippen molar-refractivity contribution in [2.75, 3.05) is 12.4 Å². The predicted molar refractivity (Wildman–Crippen MR) is 84.2 cm³/mol. The van der Waals surface area contributed by atoms with Crippen molar-refractivity contribution in [1.82, 2.24) is 15.2 Å². The Bertz CT molecular complexity index is 828. The van der Waals surface area contributed by atoms with Gasteiger partial charge in [-0.2, -0.15) is 4.98 Å². The molecule has 0 saturated carbocycles. The summed E-state index contributed by atoms with van der Waals surface area (Å²) in [6.45, 7) is 0.296. The molecule has 0 aliphatic heterocycles. The molecule has 2 N–H and O–H groups in total. The normalized spacial score (nSPS) is 10.7. The molecular weight excluding hydrogens is 320 g/mol. The minimum atomic E-state index is -0.447. The van der Waals surface area contributed by atoms with E-state index in [0.717, 1.165) is 0 Å².